The largest absolute Gasteiger partial charge is 0.497 e. The molecular weight excluding hydrogens is 176 g/mol. The highest BCUT2D eigenvalue weighted by Crippen LogP contribution is 2.35. The fourth-order valence-electron chi connectivity index (χ4n) is 1.51. The summed E-state index contributed by atoms with van der Waals surface area (Å²) in [6.07, 6.45) is 1.23. The average Bonchev–Trinajstić information content (AvgIpc) is 2.86. The summed E-state index contributed by atoms with van der Waals surface area (Å²) in [4.78, 5) is 0. The van der Waals surface area contributed by atoms with Gasteiger partial charge in [0.25, 0.3) is 0 Å². The van der Waals surface area contributed by atoms with Crippen molar-refractivity contribution in [2.24, 2.45) is 5.92 Å². The summed E-state index contributed by atoms with van der Waals surface area (Å²) >= 11 is 0. The van der Waals surface area contributed by atoms with Gasteiger partial charge in [-0.15, -0.1) is 0 Å². The molecule has 2 atom stereocenters. The molecule has 1 aromatic carbocycles. The molecule has 1 aromatic rings. The first-order valence-electron chi connectivity index (χ1n) is 4.90. The molecule has 3 N–H and O–H groups in total. The van der Waals surface area contributed by atoms with Crippen LogP contribution in [0.3, 0.4) is 0 Å². The number of methoxy groups -OCH3 is 1. The fourth-order valence-corrected chi connectivity index (χ4v) is 1.51. The van der Waals surface area contributed by atoms with Crippen molar-refractivity contribution < 1.29 is 4.74 Å². The Morgan fingerprint density at radius 2 is 2.21 bits per heavy atom. The summed E-state index contributed by atoms with van der Waals surface area (Å²) in [6.45, 7) is 2.23. The van der Waals surface area contributed by atoms with Crippen LogP contribution in [-0.2, 0) is 0 Å². The molecule has 1 saturated carbocycles. The van der Waals surface area contributed by atoms with E-state index in [1.165, 1.54) is 6.42 Å². The van der Waals surface area contributed by atoms with Crippen LogP contribution in [0, 0.1) is 5.92 Å². The van der Waals surface area contributed by atoms with Crippen LogP contribution in [0.5, 0.6) is 5.75 Å². The van der Waals surface area contributed by atoms with Crippen LogP contribution < -0.4 is 15.8 Å². The second kappa shape index (κ2) is 3.40. The van der Waals surface area contributed by atoms with E-state index in [1.54, 1.807) is 7.11 Å². The van der Waals surface area contributed by atoms with Crippen molar-refractivity contribution in [1.29, 1.82) is 0 Å². The minimum atomic E-state index is 0.587. The zero-order valence-corrected chi connectivity index (χ0v) is 8.58. The van der Waals surface area contributed by atoms with E-state index in [9.17, 15) is 0 Å². The molecule has 0 spiro atoms. The topological polar surface area (TPSA) is 47.3 Å². The van der Waals surface area contributed by atoms with Gasteiger partial charge in [-0.2, -0.15) is 0 Å². The van der Waals surface area contributed by atoms with Gasteiger partial charge in [-0.25, -0.2) is 0 Å². The van der Waals surface area contributed by atoms with E-state index in [0.29, 0.717) is 6.04 Å². The molecule has 2 rings (SSSR count). The Labute approximate surface area is 84.3 Å². The number of nitrogen functional groups attached to an aromatic ring is 1. The maximum Gasteiger partial charge on any atom is 0.121 e. The number of hydrogen-bond acceptors (Lipinski definition) is 3. The predicted molar refractivity (Wildman–Crippen MR) is 58.6 cm³/mol. The third-order valence-corrected chi connectivity index (χ3v) is 2.71. The van der Waals surface area contributed by atoms with Gasteiger partial charge in [0.05, 0.1) is 18.5 Å². The molecule has 1 aliphatic rings. The lowest BCUT2D eigenvalue weighted by Gasteiger charge is -2.10. The molecule has 3 nitrogen and oxygen atoms in total. The SMILES string of the molecule is COc1ccc(N)c(NC2CC2C)c1. The van der Waals surface area contributed by atoms with Crippen LogP contribution in [-0.4, -0.2) is 13.2 Å². The number of rotatable bonds is 3. The van der Waals surface area contributed by atoms with Crippen molar-refractivity contribution in [1.82, 2.24) is 0 Å². The first kappa shape index (κ1) is 9.19. The van der Waals surface area contributed by atoms with Crippen LogP contribution in [0.1, 0.15) is 13.3 Å². The molecule has 14 heavy (non-hydrogen) atoms. The van der Waals surface area contributed by atoms with Crippen LogP contribution in [0.2, 0.25) is 0 Å². The molecule has 1 fully saturated rings. The third kappa shape index (κ3) is 1.76. The van der Waals surface area contributed by atoms with Gasteiger partial charge in [0.15, 0.2) is 0 Å². The second-order valence-electron chi connectivity index (χ2n) is 3.92. The van der Waals surface area contributed by atoms with Crippen molar-refractivity contribution in [2.75, 3.05) is 18.2 Å². The molecule has 0 radical (unpaired) electrons. The molecule has 3 heteroatoms. The quantitative estimate of drug-likeness (QED) is 0.721. The molecule has 0 aliphatic heterocycles. The normalized spacial score (nSPS) is 24.4. The van der Waals surface area contributed by atoms with Crippen LogP contribution in [0.4, 0.5) is 11.4 Å². The number of nitrogens with one attached hydrogen (secondary N) is 1. The first-order chi connectivity index (χ1) is 6.70. The van der Waals surface area contributed by atoms with Crippen molar-refractivity contribution in [3.63, 3.8) is 0 Å². The standard InChI is InChI=1S/C11H16N2O/c1-7-5-10(7)13-11-6-8(14-2)3-4-9(11)12/h3-4,6-7,10,13H,5,12H2,1-2H3. The van der Waals surface area contributed by atoms with Crippen LogP contribution >= 0.6 is 0 Å². The fraction of sp³-hybridized carbons (Fsp3) is 0.455. The number of ether oxygens (including phenoxy) is 1. The average molecular weight is 192 g/mol. The van der Waals surface area contributed by atoms with E-state index in [2.05, 4.69) is 12.2 Å². The highest BCUT2D eigenvalue weighted by atomic mass is 16.5. The van der Waals surface area contributed by atoms with E-state index >= 15 is 0 Å². The Balaban J connectivity index is 2.14. The molecule has 1 aliphatic carbocycles. The van der Waals surface area contributed by atoms with Gasteiger partial charge in [0.2, 0.25) is 0 Å². The van der Waals surface area contributed by atoms with Crippen LogP contribution in [0.15, 0.2) is 18.2 Å². The molecule has 0 saturated heterocycles. The van der Waals surface area contributed by atoms with Crippen molar-refractivity contribution in [3.8, 4) is 5.75 Å². The summed E-state index contributed by atoms with van der Waals surface area (Å²) in [5.74, 6) is 1.61. The molecule has 0 bridgehead atoms. The summed E-state index contributed by atoms with van der Waals surface area (Å²) in [7, 11) is 1.66. The maximum absolute atomic E-state index is 5.85. The molecule has 2 unspecified atom stereocenters. The lowest BCUT2D eigenvalue weighted by Crippen LogP contribution is -2.06. The second-order valence-corrected chi connectivity index (χ2v) is 3.92. The third-order valence-electron chi connectivity index (χ3n) is 2.71. The summed E-state index contributed by atoms with van der Waals surface area (Å²) < 4.78 is 5.14. The van der Waals surface area contributed by atoms with E-state index in [-0.39, 0.29) is 0 Å². The molecule has 0 aromatic heterocycles. The van der Waals surface area contributed by atoms with Crippen LogP contribution in [0.25, 0.3) is 0 Å². The zero-order valence-electron chi connectivity index (χ0n) is 8.58. The summed E-state index contributed by atoms with van der Waals surface area (Å²) in [5, 5.41) is 3.40. The van der Waals surface area contributed by atoms with Gasteiger partial charge in [-0.05, 0) is 24.5 Å². The van der Waals surface area contributed by atoms with Gasteiger partial charge in [-0.1, -0.05) is 6.92 Å². The van der Waals surface area contributed by atoms with Gasteiger partial charge >= 0.3 is 0 Å². The molecule has 0 heterocycles. The van der Waals surface area contributed by atoms with Gasteiger partial charge in [-0.3, -0.25) is 0 Å². The minimum Gasteiger partial charge on any atom is -0.497 e. The first-order valence-corrected chi connectivity index (χ1v) is 4.90. The van der Waals surface area contributed by atoms with E-state index in [1.807, 2.05) is 18.2 Å². The zero-order chi connectivity index (χ0) is 10.1. The van der Waals surface area contributed by atoms with E-state index in [4.69, 9.17) is 10.5 Å². The van der Waals surface area contributed by atoms with Gasteiger partial charge < -0.3 is 15.8 Å². The number of anilines is 2. The van der Waals surface area contributed by atoms with Crippen molar-refractivity contribution in [2.45, 2.75) is 19.4 Å². The monoisotopic (exact) mass is 192 g/mol. The lowest BCUT2D eigenvalue weighted by molar-refractivity contribution is 0.415. The Bertz CT molecular complexity index is 338. The Morgan fingerprint density at radius 3 is 2.79 bits per heavy atom. The lowest BCUT2D eigenvalue weighted by atomic mass is 10.2. The minimum absolute atomic E-state index is 0.587. The maximum atomic E-state index is 5.85. The Kier molecular flexibility index (Phi) is 2.23. The smallest absolute Gasteiger partial charge is 0.121 e. The molecule has 76 valence electrons. The Morgan fingerprint density at radius 1 is 1.50 bits per heavy atom. The van der Waals surface area contributed by atoms with E-state index in [0.717, 1.165) is 23.0 Å². The highest BCUT2D eigenvalue weighted by molar-refractivity contribution is 5.69. The summed E-state index contributed by atoms with van der Waals surface area (Å²) in [5.41, 5.74) is 7.61. The number of hydrogen-bond donors (Lipinski definition) is 2. The number of nitrogens with two attached hydrogens (primary N) is 1. The van der Waals surface area contributed by atoms with Gasteiger partial charge in [0.1, 0.15) is 5.75 Å². The Hall–Kier alpha value is -1.38. The van der Waals surface area contributed by atoms with E-state index < -0.39 is 0 Å². The summed E-state index contributed by atoms with van der Waals surface area (Å²) in [6, 6.07) is 6.27. The molecule has 0 amide bonds. The molecular formula is C11H16N2O. The van der Waals surface area contributed by atoms with Gasteiger partial charge in [0, 0.05) is 12.1 Å². The van der Waals surface area contributed by atoms with Crippen molar-refractivity contribution in [3.05, 3.63) is 18.2 Å². The highest BCUT2D eigenvalue weighted by Gasteiger charge is 2.32. The van der Waals surface area contributed by atoms with Crippen molar-refractivity contribution >= 4 is 11.4 Å². The predicted octanol–water partition coefficient (Wildman–Crippen LogP) is 2.10. The number of benzene rings is 1.